The monoisotopic (exact) mass is 523 g/mol. The molecule has 0 aliphatic heterocycles. The van der Waals surface area contributed by atoms with Gasteiger partial charge in [0.1, 0.15) is 0 Å². The van der Waals surface area contributed by atoms with Gasteiger partial charge in [-0.3, -0.25) is 4.98 Å². The Balaban J connectivity index is 1.34. The van der Waals surface area contributed by atoms with Crippen molar-refractivity contribution in [3.63, 3.8) is 0 Å². The summed E-state index contributed by atoms with van der Waals surface area (Å²) in [5, 5.41) is 4.90. The highest BCUT2D eigenvalue weighted by Gasteiger charge is 2.35. The maximum absolute atomic E-state index is 4.60. The molecule has 0 bridgehead atoms. The zero-order valence-electron chi connectivity index (χ0n) is 23.2. The van der Waals surface area contributed by atoms with Crippen molar-refractivity contribution < 1.29 is 0 Å². The summed E-state index contributed by atoms with van der Waals surface area (Å²) in [6, 6.07) is 46.6. The van der Waals surface area contributed by atoms with Crippen molar-refractivity contribution in [3.8, 4) is 44.5 Å². The third-order valence-corrected chi connectivity index (χ3v) is 8.96. The molecule has 1 heterocycles. The van der Waals surface area contributed by atoms with Crippen molar-refractivity contribution in [2.45, 2.75) is 19.3 Å². The van der Waals surface area contributed by atoms with Gasteiger partial charge in [0.25, 0.3) is 0 Å². The second-order valence-electron chi connectivity index (χ2n) is 11.6. The van der Waals surface area contributed by atoms with Crippen molar-refractivity contribution in [1.29, 1.82) is 0 Å². The summed E-state index contributed by atoms with van der Waals surface area (Å²) in [5.74, 6) is 0. The van der Waals surface area contributed by atoms with E-state index in [1.54, 1.807) is 0 Å². The third kappa shape index (κ3) is 3.59. The lowest BCUT2D eigenvalue weighted by atomic mass is 9.81. The molecule has 1 heteroatoms. The van der Waals surface area contributed by atoms with E-state index >= 15 is 0 Å². The topological polar surface area (TPSA) is 12.9 Å². The van der Waals surface area contributed by atoms with Gasteiger partial charge in [-0.05, 0) is 90.0 Å². The van der Waals surface area contributed by atoms with Crippen LogP contribution in [0.2, 0.25) is 0 Å². The van der Waals surface area contributed by atoms with Crippen LogP contribution >= 0.6 is 0 Å². The highest BCUT2D eigenvalue weighted by molar-refractivity contribution is 6.21. The summed E-state index contributed by atoms with van der Waals surface area (Å²) >= 11 is 0. The first kappa shape index (κ1) is 23.8. The zero-order valence-corrected chi connectivity index (χ0v) is 23.2. The molecule has 41 heavy (non-hydrogen) atoms. The quantitative estimate of drug-likeness (QED) is 0.210. The number of hydrogen-bond donors (Lipinski definition) is 0. The molecule has 0 saturated heterocycles. The molecule has 0 atom stereocenters. The van der Waals surface area contributed by atoms with Gasteiger partial charge in [-0.15, -0.1) is 0 Å². The number of aromatic nitrogens is 1. The molecule has 7 aromatic rings. The summed E-state index contributed by atoms with van der Waals surface area (Å²) in [6.45, 7) is 4.69. The van der Waals surface area contributed by atoms with Crippen LogP contribution in [0.25, 0.3) is 66.1 Å². The summed E-state index contributed by atoms with van der Waals surface area (Å²) < 4.78 is 0. The molecule has 1 nitrogen and oxygen atoms in total. The average molecular weight is 524 g/mol. The number of fused-ring (bicyclic) bond motifs is 5. The van der Waals surface area contributed by atoms with E-state index in [2.05, 4.69) is 146 Å². The van der Waals surface area contributed by atoms with Gasteiger partial charge in [0.05, 0.1) is 0 Å². The summed E-state index contributed by atoms with van der Waals surface area (Å²) in [4.78, 5) is 4.60. The second kappa shape index (κ2) is 9.01. The predicted molar refractivity (Wildman–Crippen MR) is 173 cm³/mol. The predicted octanol–water partition coefficient (Wildman–Crippen LogP) is 10.7. The van der Waals surface area contributed by atoms with Gasteiger partial charge in [-0.2, -0.15) is 0 Å². The molecule has 6 aromatic carbocycles. The SMILES string of the molecule is CC1(C)c2ccccc2-c2ccc(-c3cccc(-c4c5ccccc5c(-c5ccccc5)c5ccncc45)c3)cc21. The van der Waals surface area contributed by atoms with Crippen LogP contribution in [-0.2, 0) is 5.41 Å². The van der Waals surface area contributed by atoms with Gasteiger partial charge >= 0.3 is 0 Å². The first-order valence-electron chi connectivity index (χ1n) is 14.3. The van der Waals surface area contributed by atoms with E-state index in [1.807, 2.05) is 12.4 Å². The number of pyridine rings is 1. The molecule has 0 N–H and O–H groups in total. The van der Waals surface area contributed by atoms with Gasteiger partial charge in [0, 0.05) is 23.2 Å². The highest BCUT2D eigenvalue weighted by Crippen LogP contribution is 2.50. The van der Waals surface area contributed by atoms with Crippen LogP contribution in [-0.4, -0.2) is 4.98 Å². The van der Waals surface area contributed by atoms with Crippen LogP contribution < -0.4 is 0 Å². The molecule has 0 amide bonds. The highest BCUT2D eigenvalue weighted by atomic mass is 14.6. The van der Waals surface area contributed by atoms with E-state index in [4.69, 9.17) is 0 Å². The fourth-order valence-corrected chi connectivity index (χ4v) is 6.99. The fraction of sp³-hybridized carbons (Fsp3) is 0.0750. The van der Waals surface area contributed by atoms with E-state index in [1.165, 1.54) is 77.2 Å². The van der Waals surface area contributed by atoms with Crippen molar-refractivity contribution in [2.75, 3.05) is 0 Å². The third-order valence-electron chi connectivity index (χ3n) is 8.96. The van der Waals surface area contributed by atoms with Crippen LogP contribution in [0.15, 0.2) is 140 Å². The molecule has 0 fully saturated rings. The van der Waals surface area contributed by atoms with Gasteiger partial charge in [0.15, 0.2) is 0 Å². The smallest absolute Gasteiger partial charge is 0.0353 e. The largest absolute Gasteiger partial charge is 0.264 e. The Morgan fingerprint density at radius 1 is 0.439 bits per heavy atom. The Bertz CT molecular complexity index is 2060. The van der Waals surface area contributed by atoms with Crippen LogP contribution in [0.5, 0.6) is 0 Å². The lowest BCUT2D eigenvalue weighted by Crippen LogP contribution is -2.14. The molecule has 0 saturated carbocycles. The summed E-state index contributed by atoms with van der Waals surface area (Å²) in [7, 11) is 0. The molecule has 0 spiro atoms. The standard InChI is InChI=1S/C40H29N/c1-40(2)36-18-9-8-15-30(36)31-20-19-28(24-37(31)40)27-13-10-14-29(23-27)39-33-17-7-6-16-32(33)38(26-11-4-3-5-12-26)34-21-22-41-25-35(34)39/h3-25H,1-2H3. The minimum Gasteiger partial charge on any atom is -0.264 e. The maximum Gasteiger partial charge on any atom is 0.0353 e. The Morgan fingerprint density at radius 2 is 1.05 bits per heavy atom. The molecule has 0 radical (unpaired) electrons. The number of benzene rings is 6. The first-order valence-corrected chi connectivity index (χ1v) is 14.3. The number of rotatable bonds is 3. The molecular weight excluding hydrogens is 494 g/mol. The normalized spacial score (nSPS) is 13.3. The van der Waals surface area contributed by atoms with E-state index < -0.39 is 0 Å². The van der Waals surface area contributed by atoms with Crippen molar-refractivity contribution in [1.82, 2.24) is 4.98 Å². The van der Waals surface area contributed by atoms with Gasteiger partial charge in [-0.1, -0.05) is 123 Å². The van der Waals surface area contributed by atoms with Crippen molar-refractivity contribution >= 4 is 21.5 Å². The van der Waals surface area contributed by atoms with Crippen molar-refractivity contribution in [3.05, 3.63) is 151 Å². The number of hydrogen-bond acceptors (Lipinski definition) is 1. The van der Waals surface area contributed by atoms with E-state index in [0.717, 1.165) is 0 Å². The molecule has 1 aromatic heterocycles. The van der Waals surface area contributed by atoms with E-state index in [-0.39, 0.29) is 5.41 Å². The number of nitrogens with zero attached hydrogens (tertiary/aromatic N) is 1. The first-order chi connectivity index (χ1) is 20.1. The lowest BCUT2D eigenvalue weighted by molar-refractivity contribution is 0.660. The van der Waals surface area contributed by atoms with Gasteiger partial charge in [-0.25, -0.2) is 0 Å². The van der Waals surface area contributed by atoms with Crippen LogP contribution in [0, 0.1) is 0 Å². The molecule has 194 valence electrons. The van der Waals surface area contributed by atoms with Gasteiger partial charge in [0.2, 0.25) is 0 Å². The van der Waals surface area contributed by atoms with E-state index in [0.29, 0.717) is 0 Å². The molecule has 1 aliphatic rings. The Labute approximate surface area is 240 Å². The minimum atomic E-state index is -0.0229. The van der Waals surface area contributed by atoms with Crippen LogP contribution in [0.3, 0.4) is 0 Å². The Kier molecular flexibility index (Phi) is 5.24. The minimum absolute atomic E-state index is 0.0229. The second-order valence-corrected chi connectivity index (χ2v) is 11.6. The van der Waals surface area contributed by atoms with Crippen LogP contribution in [0.4, 0.5) is 0 Å². The molecule has 0 unspecified atom stereocenters. The van der Waals surface area contributed by atoms with E-state index in [9.17, 15) is 0 Å². The molecular formula is C40H29N. The Morgan fingerprint density at radius 3 is 1.88 bits per heavy atom. The maximum atomic E-state index is 4.60. The summed E-state index contributed by atoms with van der Waals surface area (Å²) in [6.07, 6.45) is 3.94. The van der Waals surface area contributed by atoms with Gasteiger partial charge < -0.3 is 0 Å². The lowest BCUT2D eigenvalue weighted by Gasteiger charge is -2.22. The zero-order chi connectivity index (χ0) is 27.6. The molecule has 8 rings (SSSR count). The average Bonchev–Trinajstić information content (AvgIpc) is 3.26. The van der Waals surface area contributed by atoms with Crippen molar-refractivity contribution in [2.24, 2.45) is 0 Å². The summed E-state index contributed by atoms with van der Waals surface area (Å²) in [5.41, 5.74) is 12.9. The fourth-order valence-electron chi connectivity index (χ4n) is 6.99. The molecule has 1 aliphatic carbocycles. The van der Waals surface area contributed by atoms with Crippen LogP contribution in [0.1, 0.15) is 25.0 Å². The Hall–Kier alpha value is -5.01.